The normalized spacial score (nSPS) is 12.5. The lowest BCUT2D eigenvalue weighted by atomic mass is 9.67. The minimum atomic E-state index is -0.482. The van der Waals surface area contributed by atoms with Gasteiger partial charge in [0.25, 0.3) is 0 Å². The van der Waals surface area contributed by atoms with Crippen LogP contribution in [0.15, 0.2) is 249 Å². The summed E-state index contributed by atoms with van der Waals surface area (Å²) in [6.07, 6.45) is 0. The lowest BCUT2D eigenvalue weighted by Crippen LogP contribution is -2.28. The number of hydrogen-bond donors (Lipinski definition) is 0. The van der Waals surface area contributed by atoms with E-state index in [9.17, 15) is 0 Å². The first kappa shape index (κ1) is 35.4. The molecule has 0 spiro atoms. The van der Waals surface area contributed by atoms with Crippen LogP contribution < -0.4 is 4.90 Å². The van der Waals surface area contributed by atoms with Crippen molar-refractivity contribution in [3.05, 3.63) is 271 Å². The molecule has 0 saturated carbocycles. The van der Waals surface area contributed by atoms with Crippen LogP contribution in [0.1, 0.15) is 22.3 Å². The van der Waals surface area contributed by atoms with Crippen LogP contribution in [0.25, 0.3) is 55.3 Å². The number of rotatable bonds is 8. The zero-order valence-electron chi connectivity index (χ0n) is 33.1. The zero-order chi connectivity index (χ0) is 39.9. The summed E-state index contributed by atoms with van der Waals surface area (Å²) < 4.78 is 0. The van der Waals surface area contributed by atoms with Gasteiger partial charge in [-0.05, 0) is 90.8 Å². The zero-order valence-corrected chi connectivity index (χ0v) is 33.1. The van der Waals surface area contributed by atoms with E-state index in [2.05, 4.69) is 254 Å². The fraction of sp³-hybridized carbons (Fsp3) is 0.0169. The van der Waals surface area contributed by atoms with Crippen LogP contribution in [0, 0.1) is 0 Å². The van der Waals surface area contributed by atoms with Gasteiger partial charge in [-0.2, -0.15) is 0 Å². The fourth-order valence-electron chi connectivity index (χ4n) is 9.71. The minimum absolute atomic E-state index is 0.482. The van der Waals surface area contributed by atoms with Crippen molar-refractivity contribution < 1.29 is 0 Å². The summed E-state index contributed by atoms with van der Waals surface area (Å²) in [5.41, 5.74) is 17.8. The number of hydrogen-bond acceptors (Lipinski definition) is 1. The fourth-order valence-corrected chi connectivity index (χ4v) is 9.71. The Hall–Kier alpha value is -7.74. The Bertz CT molecular complexity index is 3070. The summed E-state index contributed by atoms with van der Waals surface area (Å²) in [6, 6.07) is 91.0. The molecule has 60 heavy (non-hydrogen) atoms. The highest BCUT2D eigenvalue weighted by Gasteiger charge is 2.46. The minimum Gasteiger partial charge on any atom is -0.309 e. The maximum absolute atomic E-state index is 2.46. The molecule has 282 valence electrons. The SMILES string of the molecule is c1ccc(-c2ccc(-c3ccc(N(c4ccccc4-c4cccc5c4-c4ccccc4C5(c4ccccc4)c4ccccc4)c4cccc5ccccc45)cc3)cc2)cc1. The third-order valence-corrected chi connectivity index (χ3v) is 12.4. The number of anilines is 3. The maximum atomic E-state index is 2.46. The standard InChI is InChI=1S/C59H41N/c1-4-18-42(19-5-1)43-34-36-44(37-35-43)45-38-40-49(41-39-45)60(56-33-16-21-46-20-10-11-26-50(46)56)57-32-15-13-27-51(57)52-29-17-31-55-58(52)53-28-12-14-30-54(53)59(55,47-22-6-2-7-23-47)48-24-8-3-9-25-48/h1-41H. The lowest BCUT2D eigenvalue weighted by Gasteiger charge is -2.34. The van der Waals surface area contributed by atoms with Gasteiger partial charge in [-0.25, -0.2) is 0 Å². The lowest BCUT2D eigenvalue weighted by molar-refractivity contribution is 0.768. The molecular weight excluding hydrogens is 723 g/mol. The van der Waals surface area contributed by atoms with E-state index in [4.69, 9.17) is 0 Å². The van der Waals surface area contributed by atoms with Crippen LogP contribution >= 0.6 is 0 Å². The van der Waals surface area contributed by atoms with E-state index in [0.717, 1.165) is 17.1 Å². The molecule has 0 bridgehead atoms. The molecule has 11 rings (SSSR count). The van der Waals surface area contributed by atoms with E-state index in [1.165, 1.54) is 77.5 Å². The third kappa shape index (κ3) is 5.78. The van der Waals surface area contributed by atoms with Crippen molar-refractivity contribution in [2.45, 2.75) is 5.41 Å². The average molecular weight is 764 g/mol. The van der Waals surface area contributed by atoms with Crippen LogP contribution in [-0.4, -0.2) is 0 Å². The van der Waals surface area contributed by atoms with Gasteiger partial charge in [-0.15, -0.1) is 0 Å². The second-order valence-electron chi connectivity index (χ2n) is 15.6. The van der Waals surface area contributed by atoms with Crippen molar-refractivity contribution in [1.82, 2.24) is 0 Å². The topological polar surface area (TPSA) is 3.24 Å². The highest BCUT2D eigenvalue weighted by molar-refractivity contribution is 6.04. The van der Waals surface area contributed by atoms with Gasteiger partial charge in [0, 0.05) is 16.6 Å². The Morgan fingerprint density at radius 1 is 0.283 bits per heavy atom. The summed E-state index contributed by atoms with van der Waals surface area (Å²) in [5.74, 6) is 0. The molecule has 0 heterocycles. The molecule has 0 amide bonds. The van der Waals surface area contributed by atoms with Crippen molar-refractivity contribution in [3.63, 3.8) is 0 Å². The molecular formula is C59H41N. The van der Waals surface area contributed by atoms with Gasteiger partial charge in [-0.1, -0.05) is 224 Å². The molecule has 10 aromatic carbocycles. The van der Waals surface area contributed by atoms with Crippen LogP contribution in [-0.2, 0) is 5.41 Å². The maximum Gasteiger partial charge on any atom is 0.0713 e. The second kappa shape index (κ2) is 14.9. The third-order valence-electron chi connectivity index (χ3n) is 12.4. The molecule has 1 nitrogen and oxygen atoms in total. The summed E-state index contributed by atoms with van der Waals surface area (Å²) >= 11 is 0. The Morgan fingerprint density at radius 3 is 1.42 bits per heavy atom. The number of nitrogens with zero attached hydrogens (tertiary/aromatic N) is 1. The van der Waals surface area contributed by atoms with Gasteiger partial charge >= 0.3 is 0 Å². The van der Waals surface area contributed by atoms with Crippen molar-refractivity contribution >= 4 is 27.8 Å². The van der Waals surface area contributed by atoms with Crippen molar-refractivity contribution in [2.24, 2.45) is 0 Å². The highest BCUT2D eigenvalue weighted by Crippen LogP contribution is 2.59. The molecule has 0 fully saturated rings. The Kier molecular flexibility index (Phi) is 8.79. The molecule has 1 heteroatoms. The van der Waals surface area contributed by atoms with Crippen molar-refractivity contribution in [3.8, 4) is 44.5 Å². The molecule has 0 unspecified atom stereocenters. The van der Waals surface area contributed by atoms with E-state index in [0.29, 0.717) is 0 Å². The first-order valence-electron chi connectivity index (χ1n) is 20.8. The number of benzene rings is 10. The van der Waals surface area contributed by atoms with Crippen LogP contribution in [0.3, 0.4) is 0 Å². The first-order chi connectivity index (χ1) is 29.8. The molecule has 10 aromatic rings. The van der Waals surface area contributed by atoms with E-state index in [-0.39, 0.29) is 0 Å². The quantitative estimate of drug-likeness (QED) is 0.149. The van der Waals surface area contributed by atoms with Gasteiger partial charge in [0.1, 0.15) is 0 Å². The van der Waals surface area contributed by atoms with E-state index in [1.807, 2.05) is 0 Å². The monoisotopic (exact) mass is 763 g/mol. The predicted molar refractivity (Wildman–Crippen MR) is 252 cm³/mol. The predicted octanol–water partition coefficient (Wildman–Crippen LogP) is 15.7. The van der Waals surface area contributed by atoms with E-state index in [1.54, 1.807) is 0 Å². The summed E-state index contributed by atoms with van der Waals surface area (Å²) in [5, 5.41) is 2.41. The van der Waals surface area contributed by atoms with Gasteiger partial charge in [0.05, 0.1) is 16.8 Å². The van der Waals surface area contributed by atoms with Gasteiger partial charge < -0.3 is 4.90 Å². The summed E-state index contributed by atoms with van der Waals surface area (Å²) in [7, 11) is 0. The van der Waals surface area contributed by atoms with E-state index < -0.39 is 5.41 Å². The molecule has 0 radical (unpaired) electrons. The number of para-hydroxylation sites is 1. The van der Waals surface area contributed by atoms with Gasteiger partial charge in [0.2, 0.25) is 0 Å². The van der Waals surface area contributed by atoms with Gasteiger partial charge in [0.15, 0.2) is 0 Å². The van der Waals surface area contributed by atoms with Gasteiger partial charge in [-0.3, -0.25) is 0 Å². The van der Waals surface area contributed by atoms with Crippen LogP contribution in [0.4, 0.5) is 17.1 Å². The molecule has 0 N–H and O–H groups in total. The Balaban J connectivity index is 1.11. The number of fused-ring (bicyclic) bond motifs is 4. The van der Waals surface area contributed by atoms with E-state index >= 15 is 0 Å². The first-order valence-corrected chi connectivity index (χ1v) is 20.8. The second-order valence-corrected chi connectivity index (χ2v) is 15.6. The smallest absolute Gasteiger partial charge is 0.0713 e. The Labute approximate surface area is 352 Å². The molecule has 0 aliphatic heterocycles. The highest BCUT2D eigenvalue weighted by atomic mass is 15.1. The largest absolute Gasteiger partial charge is 0.309 e. The molecule has 0 aromatic heterocycles. The Morgan fingerprint density at radius 2 is 0.733 bits per heavy atom. The van der Waals surface area contributed by atoms with Crippen LogP contribution in [0.2, 0.25) is 0 Å². The summed E-state index contributed by atoms with van der Waals surface area (Å²) in [6.45, 7) is 0. The molecule has 0 saturated heterocycles. The van der Waals surface area contributed by atoms with Crippen molar-refractivity contribution in [2.75, 3.05) is 4.90 Å². The summed E-state index contributed by atoms with van der Waals surface area (Å²) in [4.78, 5) is 2.46. The van der Waals surface area contributed by atoms with Crippen molar-refractivity contribution in [1.29, 1.82) is 0 Å². The average Bonchev–Trinajstić information content (AvgIpc) is 3.64. The molecule has 1 aliphatic rings. The molecule has 0 atom stereocenters. The van der Waals surface area contributed by atoms with Crippen LogP contribution in [0.5, 0.6) is 0 Å². The molecule has 1 aliphatic carbocycles.